The van der Waals surface area contributed by atoms with Crippen LogP contribution in [0.2, 0.25) is 0 Å². The summed E-state index contributed by atoms with van der Waals surface area (Å²) in [4.78, 5) is 0. The largest absolute Gasteiger partial charge is 0.508 e. The number of unbranched alkanes of at least 4 members (excludes halogenated alkanes) is 2. The monoisotopic (exact) mass is 220 g/mol. The Balaban J connectivity index is 2.87. The van der Waals surface area contributed by atoms with Crippen LogP contribution < -0.4 is 0 Å². The van der Waals surface area contributed by atoms with E-state index in [0.717, 1.165) is 24.8 Å². The highest BCUT2D eigenvalue weighted by Gasteiger charge is 2.08. The van der Waals surface area contributed by atoms with E-state index in [1.54, 1.807) is 0 Å². The van der Waals surface area contributed by atoms with E-state index >= 15 is 0 Å². The molecular weight excluding hydrogens is 196 g/mol. The molecule has 1 aromatic carbocycles. The summed E-state index contributed by atoms with van der Waals surface area (Å²) in [6.07, 6.45) is 6.95. The van der Waals surface area contributed by atoms with E-state index < -0.39 is 0 Å². The third kappa shape index (κ3) is 3.26. The van der Waals surface area contributed by atoms with Crippen LogP contribution in [0.5, 0.6) is 5.75 Å². The molecule has 0 aliphatic rings. The number of benzene rings is 1. The van der Waals surface area contributed by atoms with Gasteiger partial charge in [0, 0.05) is 0 Å². The molecule has 0 heterocycles. The second-order valence-corrected chi connectivity index (χ2v) is 4.55. The lowest BCUT2D eigenvalue weighted by Crippen LogP contribution is -1.97. The smallest absolute Gasteiger partial charge is 0.119 e. The van der Waals surface area contributed by atoms with Crippen molar-refractivity contribution in [1.82, 2.24) is 0 Å². The number of phenols is 1. The van der Waals surface area contributed by atoms with Crippen LogP contribution in [0.25, 0.3) is 0 Å². The van der Waals surface area contributed by atoms with Gasteiger partial charge in [0.1, 0.15) is 5.75 Å². The van der Waals surface area contributed by atoms with E-state index in [0.29, 0.717) is 5.75 Å². The van der Waals surface area contributed by atoms with Crippen LogP contribution >= 0.6 is 0 Å². The van der Waals surface area contributed by atoms with Gasteiger partial charge in [0.15, 0.2) is 0 Å². The Labute approximate surface area is 99.5 Å². The number of phenolic OH excluding ortho intramolecular Hbond substituents is 1. The number of hydrogen-bond acceptors (Lipinski definition) is 1. The number of rotatable bonds is 6. The van der Waals surface area contributed by atoms with Crippen LogP contribution in [-0.2, 0) is 12.8 Å². The van der Waals surface area contributed by atoms with Crippen LogP contribution in [0.3, 0.4) is 0 Å². The number of aromatic hydroxyl groups is 1. The highest BCUT2D eigenvalue weighted by Crippen LogP contribution is 2.26. The molecule has 0 spiro atoms. The van der Waals surface area contributed by atoms with Crippen LogP contribution in [0.15, 0.2) is 12.1 Å². The Kier molecular flexibility index (Phi) is 5.37. The molecule has 1 heteroatoms. The van der Waals surface area contributed by atoms with Crippen LogP contribution in [0.1, 0.15) is 56.2 Å². The summed E-state index contributed by atoms with van der Waals surface area (Å²) in [5.74, 6) is 0.478. The summed E-state index contributed by atoms with van der Waals surface area (Å²) in [7, 11) is 0. The fraction of sp³-hybridized carbons (Fsp3) is 0.600. The average molecular weight is 220 g/mol. The fourth-order valence-corrected chi connectivity index (χ4v) is 2.10. The maximum Gasteiger partial charge on any atom is 0.119 e. The van der Waals surface area contributed by atoms with Gasteiger partial charge in [0.25, 0.3) is 0 Å². The van der Waals surface area contributed by atoms with E-state index in [1.165, 1.54) is 30.4 Å². The predicted octanol–water partition coefficient (Wildman–Crippen LogP) is 4.39. The molecule has 0 atom stereocenters. The quantitative estimate of drug-likeness (QED) is 0.754. The van der Waals surface area contributed by atoms with Gasteiger partial charge in [-0.15, -0.1) is 0 Å². The molecule has 1 aromatic rings. The second-order valence-electron chi connectivity index (χ2n) is 4.55. The van der Waals surface area contributed by atoms with Gasteiger partial charge >= 0.3 is 0 Å². The van der Waals surface area contributed by atoms with Gasteiger partial charge in [0.05, 0.1) is 0 Å². The van der Waals surface area contributed by atoms with Crippen molar-refractivity contribution in [2.75, 3.05) is 0 Å². The van der Waals surface area contributed by atoms with E-state index in [9.17, 15) is 5.11 Å². The molecule has 0 saturated carbocycles. The van der Waals surface area contributed by atoms with Crippen molar-refractivity contribution in [2.24, 2.45) is 0 Å². The molecule has 0 unspecified atom stereocenters. The summed E-state index contributed by atoms with van der Waals surface area (Å²) >= 11 is 0. The number of aryl methyl sites for hydroxylation is 1. The molecule has 0 radical (unpaired) electrons. The third-order valence-corrected chi connectivity index (χ3v) is 3.27. The van der Waals surface area contributed by atoms with E-state index in [1.807, 2.05) is 6.07 Å². The van der Waals surface area contributed by atoms with E-state index in [4.69, 9.17) is 0 Å². The van der Waals surface area contributed by atoms with Crippen LogP contribution in [0.4, 0.5) is 0 Å². The minimum absolute atomic E-state index is 0.478. The minimum atomic E-state index is 0.478. The zero-order chi connectivity index (χ0) is 12.0. The molecule has 0 fully saturated rings. The first-order chi connectivity index (χ1) is 7.70. The highest BCUT2D eigenvalue weighted by molar-refractivity contribution is 5.43. The van der Waals surface area contributed by atoms with Gasteiger partial charge in [-0.1, -0.05) is 32.8 Å². The van der Waals surface area contributed by atoms with Crippen molar-refractivity contribution in [3.05, 3.63) is 28.8 Å². The lowest BCUT2D eigenvalue weighted by molar-refractivity contribution is 0.465. The first kappa shape index (κ1) is 13.1. The van der Waals surface area contributed by atoms with Gasteiger partial charge in [0.2, 0.25) is 0 Å². The van der Waals surface area contributed by atoms with Crippen molar-refractivity contribution in [3.8, 4) is 5.75 Å². The molecule has 90 valence electrons. The van der Waals surface area contributed by atoms with Crippen LogP contribution in [0, 0.1) is 6.92 Å². The molecule has 1 N–H and O–H groups in total. The van der Waals surface area contributed by atoms with Crippen molar-refractivity contribution < 1.29 is 5.11 Å². The summed E-state index contributed by atoms with van der Waals surface area (Å²) in [6.45, 7) is 6.55. The first-order valence-electron chi connectivity index (χ1n) is 6.51. The lowest BCUT2D eigenvalue weighted by Gasteiger charge is -2.12. The maximum absolute atomic E-state index is 9.87. The zero-order valence-corrected chi connectivity index (χ0v) is 10.8. The molecule has 0 bridgehead atoms. The highest BCUT2D eigenvalue weighted by atomic mass is 16.3. The Morgan fingerprint density at radius 3 is 2.25 bits per heavy atom. The Bertz CT molecular complexity index is 328. The SMILES string of the molecule is CCCCc1ccc(O)c(CCCC)c1C. The van der Waals surface area contributed by atoms with E-state index in [-0.39, 0.29) is 0 Å². The Morgan fingerprint density at radius 1 is 1.00 bits per heavy atom. The van der Waals surface area contributed by atoms with Gasteiger partial charge in [-0.25, -0.2) is 0 Å². The molecular formula is C15H24O. The van der Waals surface area contributed by atoms with Crippen LogP contribution in [-0.4, -0.2) is 5.11 Å². The fourth-order valence-electron chi connectivity index (χ4n) is 2.10. The standard InChI is InChI=1S/C15H24O/c1-4-6-8-13-10-11-15(16)14(12(13)3)9-7-5-2/h10-11,16H,4-9H2,1-3H3. The molecule has 0 saturated heterocycles. The average Bonchev–Trinajstić information content (AvgIpc) is 2.28. The molecule has 0 aromatic heterocycles. The summed E-state index contributed by atoms with van der Waals surface area (Å²) in [6, 6.07) is 3.94. The third-order valence-electron chi connectivity index (χ3n) is 3.27. The molecule has 1 nitrogen and oxygen atoms in total. The van der Waals surface area contributed by atoms with Crippen molar-refractivity contribution >= 4 is 0 Å². The molecule has 16 heavy (non-hydrogen) atoms. The van der Waals surface area contributed by atoms with Gasteiger partial charge in [-0.3, -0.25) is 0 Å². The first-order valence-corrected chi connectivity index (χ1v) is 6.51. The second kappa shape index (κ2) is 6.57. The Morgan fingerprint density at radius 2 is 1.62 bits per heavy atom. The molecule has 1 rings (SSSR count). The van der Waals surface area contributed by atoms with Gasteiger partial charge in [-0.05, 0) is 55.4 Å². The van der Waals surface area contributed by atoms with E-state index in [2.05, 4.69) is 26.8 Å². The number of hydrogen-bond donors (Lipinski definition) is 1. The normalized spacial score (nSPS) is 10.7. The lowest BCUT2D eigenvalue weighted by atomic mass is 9.94. The van der Waals surface area contributed by atoms with Gasteiger partial charge < -0.3 is 5.11 Å². The van der Waals surface area contributed by atoms with Gasteiger partial charge in [-0.2, -0.15) is 0 Å². The maximum atomic E-state index is 9.87. The molecule has 0 aliphatic heterocycles. The summed E-state index contributed by atoms with van der Waals surface area (Å²) in [5, 5.41) is 9.87. The minimum Gasteiger partial charge on any atom is -0.508 e. The zero-order valence-electron chi connectivity index (χ0n) is 10.8. The summed E-state index contributed by atoms with van der Waals surface area (Å²) in [5.41, 5.74) is 3.88. The van der Waals surface area contributed by atoms with Crippen molar-refractivity contribution in [1.29, 1.82) is 0 Å². The van der Waals surface area contributed by atoms with Crippen molar-refractivity contribution in [2.45, 2.75) is 59.3 Å². The molecule has 0 aliphatic carbocycles. The Hall–Kier alpha value is -0.980. The summed E-state index contributed by atoms with van der Waals surface area (Å²) < 4.78 is 0. The topological polar surface area (TPSA) is 20.2 Å². The predicted molar refractivity (Wildman–Crippen MR) is 70.1 cm³/mol. The molecule has 0 amide bonds. The van der Waals surface area contributed by atoms with Crippen molar-refractivity contribution in [3.63, 3.8) is 0 Å².